The molecule has 0 spiro atoms. The molecule has 0 aromatic heterocycles. The molecule has 10 heteroatoms. The van der Waals surface area contributed by atoms with Gasteiger partial charge < -0.3 is 45.6 Å². The molecule has 0 radical (unpaired) electrons. The van der Waals surface area contributed by atoms with Crippen LogP contribution in [-0.4, -0.2) is 108 Å². The molecule has 0 saturated carbocycles. The summed E-state index contributed by atoms with van der Waals surface area (Å²) >= 11 is 0. The number of hydrogen-bond donors (Lipinski definition) is 8. The molecule has 1 aliphatic rings. The predicted octanol–water partition coefficient (Wildman–Crippen LogP) is -5.14. The molecule has 2 unspecified atom stereocenters. The third-order valence-corrected chi connectivity index (χ3v) is 3.89. The standard InChI is InChI=1S/C12H22O10/c1-4(15)12(21,10(20)5(16)2-13)11-9(19)8(18)7(17)6(3-14)22-11/h5-11,13-14,16-21H,2-3H2,1H3/t5-,6-,7-,8+,9+,10-,11?,12?/m1/s1. The summed E-state index contributed by atoms with van der Waals surface area (Å²) in [5, 5.41) is 77.0. The second-order valence-electron chi connectivity index (χ2n) is 5.33. The van der Waals surface area contributed by atoms with Crippen molar-refractivity contribution in [2.75, 3.05) is 13.2 Å². The lowest BCUT2D eigenvalue weighted by Crippen LogP contribution is -2.71. The maximum Gasteiger partial charge on any atom is 0.179 e. The molecule has 1 aliphatic heterocycles. The Kier molecular flexibility index (Phi) is 6.38. The average Bonchev–Trinajstić information content (AvgIpc) is 2.50. The molecule has 130 valence electrons. The topological polar surface area (TPSA) is 188 Å². The van der Waals surface area contributed by atoms with E-state index in [1.54, 1.807) is 0 Å². The molecule has 0 aromatic rings. The van der Waals surface area contributed by atoms with Gasteiger partial charge >= 0.3 is 0 Å². The molecule has 1 fully saturated rings. The van der Waals surface area contributed by atoms with Crippen molar-refractivity contribution in [2.45, 2.75) is 55.3 Å². The molecule has 0 aliphatic carbocycles. The lowest BCUT2D eigenvalue weighted by atomic mass is 9.77. The smallest absolute Gasteiger partial charge is 0.179 e. The van der Waals surface area contributed by atoms with Crippen molar-refractivity contribution in [3.05, 3.63) is 0 Å². The van der Waals surface area contributed by atoms with Gasteiger partial charge in [0.25, 0.3) is 0 Å². The number of ketones is 1. The first kappa shape index (κ1) is 19.4. The van der Waals surface area contributed by atoms with Gasteiger partial charge in [-0.1, -0.05) is 0 Å². The zero-order valence-corrected chi connectivity index (χ0v) is 11.8. The van der Waals surface area contributed by atoms with E-state index in [1.807, 2.05) is 0 Å². The SMILES string of the molecule is CC(=O)C(O)(C1O[C@H](CO)[C@@H](O)[C@H](O)[C@@H]1O)[C@H](O)[C@H](O)CO. The normalized spacial score (nSPS) is 38.1. The Hall–Kier alpha value is -0.690. The van der Waals surface area contributed by atoms with Crippen LogP contribution in [-0.2, 0) is 9.53 Å². The molecule has 1 rings (SSSR count). The van der Waals surface area contributed by atoms with E-state index in [0.717, 1.165) is 6.92 Å². The Balaban J connectivity index is 3.22. The number of carbonyl (C=O) groups is 1. The lowest BCUT2D eigenvalue weighted by Gasteiger charge is -2.47. The van der Waals surface area contributed by atoms with Crippen LogP contribution >= 0.6 is 0 Å². The molecule has 22 heavy (non-hydrogen) atoms. The summed E-state index contributed by atoms with van der Waals surface area (Å²) in [6.45, 7) is -0.947. The summed E-state index contributed by atoms with van der Waals surface area (Å²) in [6, 6.07) is 0. The second-order valence-corrected chi connectivity index (χ2v) is 5.33. The molecule has 8 N–H and O–H groups in total. The van der Waals surface area contributed by atoms with Crippen molar-refractivity contribution < 1.29 is 50.4 Å². The molecule has 8 atom stereocenters. The minimum atomic E-state index is -2.88. The van der Waals surface area contributed by atoms with Crippen LogP contribution in [0, 0.1) is 0 Å². The van der Waals surface area contributed by atoms with Gasteiger partial charge in [0.05, 0.1) is 13.2 Å². The van der Waals surface area contributed by atoms with E-state index < -0.39 is 67.3 Å². The van der Waals surface area contributed by atoms with Crippen LogP contribution in [0.4, 0.5) is 0 Å². The van der Waals surface area contributed by atoms with Gasteiger partial charge in [-0.05, 0) is 6.92 Å². The van der Waals surface area contributed by atoms with Crippen molar-refractivity contribution in [3.8, 4) is 0 Å². The van der Waals surface area contributed by atoms with Crippen molar-refractivity contribution in [3.63, 3.8) is 0 Å². The minimum absolute atomic E-state index is 0.798. The maximum atomic E-state index is 11.8. The summed E-state index contributed by atoms with van der Waals surface area (Å²) in [7, 11) is 0. The highest BCUT2D eigenvalue weighted by Crippen LogP contribution is 2.32. The van der Waals surface area contributed by atoms with Gasteiger partial charge in [0.1, 0.15) is 42.7 Å². The first-order valence-corrected chi connectivity index (χ1v) is 6.63. The monoisotopic (exact) mass is 326 g/mol. The molecular formula is C12H22O10. The van der Waals surface area contributed by atoms with Crippen LogP contribution in [0.3, 0.4) is 0 Å². The zero-order chi connectivity index (χ0) is 17.2. The van der Waals surface area contributed by atoms with Gasteiger partial charge in [0.15, 0.2) is 11.4 Å². The quantitative estimate of drug-likeness (QED) is 0.234. The van der Waals surface area contributed by atoms with Crippen LogP contribution in [0.5, 0.6) is 0 Å². The van der Waals surface area contributed by atoms with Crippen LogP contribution in [0.2, 0.25) is 0 Å². The summed E-state index contributed by atoms with van der Waals surface area (Å²) in [5.74, 6) is -1.11. The summed E-state index contributed by atoms with van der Waals surface area (Å²) in [4.78, 5) is 11.8. The Bertz CT molecular complexity index is 388. The van der Waals surface area contributed by atoms with Crippen LogP contribution in [0.1, 0.15) is 6.92 Å². The fourth-order valence-electron chi connectivity index (χ4n) is 2.44. The fraction of sp³-hybridized carbons (Fsp3) is 0.917. The highest BCUT2D eigenvalue weighted by molar-refractivity contribution is 5.86. The third-order valence-electron chi connectivity index (χ3n) is 3.89. The maximum absolute atomic E-state index is 11.8. The molecule has 10 nitrogen and oxygen atoms in total. The van der Waals surface area contributed by atoms with Crippen molar-refractivity contribution in [2.24, 2.45) is 0 Å². The third kappa shape index (κ3) is 3.15. The van der Waals surface area contributed by atoms with E-state index in [9.17, 15) is 35.4 Å². The number of aliphatic hydroxyl groups excluding tert-OH is 7. The number of aliphatic hydroxyl groups is 8. The molecule has 1 heterocycles. The van der Waals surface area contributed by atoms with Gasteiger partial charge in [-0.2, -0.15) is 0 Å². The van der Waals surface area contributed by atoms with E-state index in [2.05, 4.69) is 0 Å². The summed E-state index contributed by atoms with van der Waals surface area (Å²) < 4.78 is 5.04. The van der Waals surface area contributed by atoms with Crippen LogP contribution < -0.4 is 0 Å². The summed E-state index contributed by atoms with van der Waals surface area (Å²) in [6.07, 6.45) is -13.1. The second kappa shape index (κ2) is 7.25. The predicted molar refractivity (Wildman–Crippen MR) is 68.5 cm³/mol. The van der Waals surface area contributed by atoms with Crippen LogP contribution in [0.15, 0.2) is 0 Å². The Morgan fingerprint density at radius 2 is 1.68 bits per heavy atom. The van der Waals surface area contributed by atoms with Crippen molar-refractivity contribution in [1.82, 2.24) is 0 Å². The average molecular weight is 326 g/mol. The number of carbonyl (C=O) groups excluding carboxylic acids is 1. The van der Waals surface area contributed by atoms with Crippen LogP contribution in [0.25, 0.3) is 0 Å². The molecular weight excluding hydrogens is 304 g/mol. The van der Waals surface area contributed by atoms with Crippen molar-refractivity contribution in [1.29, 1.82) is 0 Å². The Morgan fingerprint density at radius 1 is 1.14 bits per heavy atom. The molecule has 0 bridgehead atoms. The largest absolute Gasteiger partial charge is 0.394 e. The van der Waals surface area contributed by atoms with Gasteiger partial charge in [0.2, 0.25) is 0 Å². The highest BCUT2D eigenvalue weighted by Gasteiger charge is 2.59. The first-order chi connectivity index (χ1) is 10.1. The number of ether oxygens (including phenoxy) is 1. The molecule has 0 amide bonds. The number of Topliss-reactive ketones (excluding diaryl/α,β-unsaturated/α-hetero) is 1. The molecule has 1 saturated heterocycles. The van der Waals surface area contributed by atoms with E-state index in [1.165, 1.54) is 0 Å². The first-order valence-electron chi connectivity index (χ1n) is 6.63. The van der Waals surface area contributed by atoms with Gasteiger partial charge in [-0.3, -0.25) is 4.79 Å². The van der Waals surface area contributed by atoms with Gasteiger partial charge in [-0.15, -0.1) is 0 Å². The Labute approximate surface area is 125 Å². The zero-order valence-electron chi connectivity index (χ0n) is 11.8. The Morgan fingerprint density at radius 3 is 2.09 bits per heavy atom. The van der Waals surface area contributed by atoms with Gasteiger partial charge in [0, 0.05) is 0 Å². The van der Waals surface area contributed by atoms with E-state index in [-0.39, 0.29) is 0 Å². The number of rotatable bonds is 6. The minimum Gasteiger partial charge on any atom is -0.394 e. The van der Waals surface area contributed by atoms with Crippen molar-refractivity contribution >= 4 is 5.78 Å². The number of hydrogen-bond acceptors (Lipinski definition) is 10. The van der Waals surface area contributed by atoms with E-state index >= 15 is 0 Å². The fourth-order valence-corrected chi connectivity index (χ4v) is 2.44. The lowest BCUT2D eigenvalue weighted by molar-refractivity contribution is -0.283. The molecule has 0 aromatic carbocycles. The summed E-state index contributed by atoms with van der Waals surface area (Å²) in [5.41, 5.74) is -2.88. The van der Waals surface area contributed by atoms with E-state index in [0.29, 0.717) is 0 Å². The highest BCUT2D eigenvalue weighted by atomic mass is 16.6. The van der Waals surface area contributed by atoms with Gasteiger partial charge in [-0.25, -0.2) is 0 Å². The van der Waals surface area contributed by atoms with E-state index in [4.69, 9.17) is 14.9 Å².